The predicted octanol–water partition coefficient (Wildman–Crippen LogP) is 3.74. The Morgan fingerprint density at radius 2 is 1.49 bits per heavy atom. The maximum atomic E-state index is 13.9. The third-order valence-corrected chi connectivity index (χ3v) is 9.17. The average molecular weight is 614 g/mol. The van der Waals surface area contributed by atoms with Crippen molar-refractivity contribution >= 4 is 21.6 Å². The van der Waals surface area contributed by atoms with Crippen LogP contribution < -0.4 is 34.1 Å². The number of nitrogens with zero attached hydrogens (tertiary/aromatic N) is 1. The van der Waals surface area contributed by atoms with Gasteiger partial charge in [-0.15, -0.1) is 0 Å². The molecule has 12 heteroatoms. The van der Waals surface area contributed by atoms with E-state index in [-0.39, 0.29) is 16.8 Å². The van der Waals surface area contributed by atoms with Crippen molar-refractivity contribution in [2.24, 2.45) is 0 Å². The van der Waals surface area contributed by atoms with Crippen LogP contribution in [0, 0.1) is 0 Å². The molecule has 3 aromatic rings. The molecular formula is C31H39N3O8S. The van der Waals surface area contributed by atoms with Crippen molar-refractivity contribution in [2.45, 2.75) is 43.2 Å². The number of fused-ring (bicyclic) bond motifs is 1. The lowest BCUT2D eigenvalue weighted by molar-refractivity contribution is -0.135. The first-order valence-electron chi connectivity index (χ1n) is 13.8. The maximum Gasteiger partial charge on any atom is 0.241 e. The van der Waals surface area contributed by atoms with Crippen molar-refractivity contribution < 1.29 is 36.9 Å². The number of nitrogens with one attached hydrogen (secondary N) is 1. The molecule has 3 aromatic carbocycles. The SMILES string of the molecule is COc1cc2c(cc1OC)[C@H](CCc1cc(OC)c(OC)c(OC)c1)N(C(=O)[C@@H](C)NS(=O)(=O)c1ccc(N)cc1)CC2. The van der Waals surface area contributed by atoms with E-state index in [1.54, 1.807) is 47.4 Å². The summed E-state index contributed by atoms with van der Waals surface area (Å²) in [5, 5.41) is 0. The molecule has 2 atom stereocenters. The molecule has 0 saturated carbocycles. The minimum absolute atomic E-state index is 0.0288. The second-order valence-corrected chi connectivity index (χ2v) is 11.9. The van der Waals surface area contributed by atoms with E-state index in [1.165, 1.54) is 24.3 Å². The van der Waals surface area contributed by atoms with Crippen molar-refractivity contribution in [3.63, 3.8) is 0 Å². The van der Waals surface area contributed by atoms with Crippen molar-refractivity contribution in [3.05, 3.63) is 65.2 Å². The molecule has 3 N–H and O–H groups in total. The standard InChI is InChI=1S/C31H39N3O8S/c1-19(33-43(36,37)23-10-8-22(32)9-11-23)31(35)34-14-13-21-17-26(38-2)27(39-3)18-24(21)25(34)12-7-20-15-28(40-4)30(42-6)29(16-20)41-5/h8-11,15-19,25,33H,7,12-14,32H2,1-6H3/t19-,25+/m1/s1. The van der Waals surface area contributed by atoms with Crippen molar-refractivity contribution in [2.75, 3.05) is 47.8 Å². The van der Waals surface area contributed by atoms with E-state index < -0.39 is 16.1 Å². The van der Waals surface area contributed by atoms with Gasteiger partial charge in [0.2, 0.25) is 21.7 Å². The molecule has 43 heavy (non-hydrogen) atoms. The number of anilines is 1. The van der Waals surface area contributed by atoms with Crippen molar-refractivity contribution in [1.29, 1.82) is 0 Å². The number of nitrogens with two attached hydrogens (primary N) is 1. The van der Waals surface area contributed by atoms with Crippen LogP contribution in [0.2, 0.25) is 0 Å². The summed E-state index contributed by atoms with van der Waals surface area (Å²) in [6, 6.07) is 12.0. The molecule has 0 saturated heterocycles. The van der Waals surface area contributed by atoms with Crippen LogP contribution in [-0.4, -0.2) is 67.4 Å². The van der Waals surface area contributed by atoms with Crippen LogP contribution in [0.1, 0.15) is 36.1 Å². The van der Waals surface area contributed by atoms with E-state index >= 15 is 0 Å². The van der Waals surface area contributed by atoms with Crippen molar-refractivity contribution in [3.8, 4) is 28.7 Å². The third kappa shape index (κ3) is 6.75. The Labute approximate surface area is 252 Å². The van der Waals surface area contributed by atoms with Gasteiger partial charge in [-0.3, -0.25) is 4.79 Å². The quantitative estimate of drug-likeness (QED) is 0.293. The van der Waals surface area contributed by atoms with Crippen LogP contribution >= 0.6 is 0 Å². The summed E-state index contributed by atoms with van der Waals surface area (Å²) in [6.45, 7) is 1.95. The third-order valence-electron chi connectivity index (χ3n) is 7.61. The molecule has 1 aliphatic rings. The topological polar surface area (TPSA) is 139 Å². The number of ether oxygens (including phenoxy) is 5. The molecule has 0 unspecified atom stereocenters. The number of aryl methyl sites for hydroxylation is 1. The van der Waals surface area contributed by atoms with Gasteiger partial charge >= 0.3 is 0 Å². The Balaban J connectivity index is 1.67. The number of hydrogen-bond donors (Lipinski definition) is 2. The average Bonchev–Trinajstić information content (AvgIpc) is 3.01. The van der Waals surface area contributed by atoms with Crippen LogP contribution in [0.25, 0.3) is 0 Å². The fraction of sp³-hybridized carbons (Fsp3) is 0.387. The summed E-state index contributed by atoms with van der Waals surface area (Å²) in [4.78, 5) is 15.7. The molecule has 0 bridgehead atoms. The highest BCUT2D eigenvalue weighted by Gasteiger charge is 2.35. The first-order chi connectivity index (χ1) is 20.6. The zero-order valence-electron chi connectivity index (χ0n) is 25.3. The van der Waals surface area contributed by atoms with E-state index in [9.17, 15) is 13.2 Å². The number of carbonyl (C=O) groups is 1. The zero-order chi connectivity index (χ0) is 31.3. The Morgan fingerprint density at radius 3 is 2.05 bits per heavy atom. The summed E-state index contributed by atoms with van der Waals surface area (Å²) < 4.78 is 56.3. The minimum atomic E-state index is -3.96. The Kier molecular flexibility index (Phi) is 9.92. The fourth-order valence-electron chi connectivity index (χ4n) is 5.43. The number of hydrogen-bond acceptors (Lipinski definition) is 9. The molecule has 4 rings (SSSR count). The number of methoxy groups -OCH3 is 5. The van der Waals surface area contributed by atoms with Crippen LogP contribution in [0.5, 0.6) is 28.7 Å². The van der Waals surface area contributed by atoms with Gasteiger partial charge in [-0.25, -0.2) is 8.42 Å². The van der Waals surface area contributed by atoms with Gasteiger partial charge < -0.3 is 34.3 Å². The number of benzene rings is 3. The zero-order valence-corrected chi connectivity index (χ0v) is 26.1. The van der Waals surface area contributed by atoms with Crippen LogP contribution in [0.15, 0.2) is 53.4 Å². The summed E-state index contributed by atoms with van der Waals surface area (Å²) in [5.41, 5.74) is 9.03. The second kappa shape index (κ2) is 13.4. The van der Waals surface area contributed by atoms with E-state index in [4.69, 9.17) is 29.4 Å². The summed E-state index contributed by atoms with van der Waals surface area (Å²) in [7, 11) is 3.85. The monoisotopic (exact) mass is 613 g/mol. The van der Waals surface area contributed by atoms with Gasteiger partial charge in [0.1, 0.15) is 0 Å². The van der Waals surface area contributed by atoms with Gasteiger partial charge in [-0.05, 0) is 91.4 Å². The molecule has 0 spiro atoms. The lowest BCUT2D eigenvalue weighted by atomic mass is 9.88. The largest absolute Gasteiger partial charge is 0.493 e. The normalized spacial score (nSPS) is 15.3. The van der Waals surface area contributed by atoms with Crippen LogP contribution in [0.3, 0.4) is 0 Å². The van der Waals surface area contributed by atoms with Gasteiger partial charge in [-0.1, -0.05) is 0 Å². The highest BCUT2D eigenvalue weighted by atomic mass is 32.2. The fourth-order valence-corrected chi connectivity index (χ4v) is 6.63. The molecular weight excluding hydrogens is 574 g/mol. The molecule has 0 aliphatic carbocycles. The molecule has 0 aromatic heterocycles. The predicted molar refractivity (Wildman–Crippen MR) is 163 cm³/mol. The minimum Gasteiger partial charge on any atom is -0.493 e. The van der Waals surface area contributed by atoms with E-state index in [0.717, 1.165) is 16.7 Å². The van der Waals surface area contributed by atoms with Crippen LogP contribution in [0.4, 0.5) is 5.69 Å². The molecule has 1 heterocycles. The van der Waals surface area contributed by atoms with Crippen molar-refractivity contribution in [1.82, 2.24) is 9.62 Å². The lowest BCUT2D eigenvalue weighted by Crippen LogP contribution is -2.50. The smallest absolute Gasteiger partial charge is 0.241 e. The maximum absolute atomic E-state index is 13.9. The second-order valence-electron chi connectivity index (χ2n) is 10.2. The Bertz CT molecular complexity index is 1530. The molecule has 0 fully saturated rings. The van der Waals surface area contributed by atoms with E-state index in [2.05, 4.69) is 4.72 Å². The Hall–Kier alpha value is -4.16. The van der Waals surface area contributed by atoms with E-state index in [1.807, 2.05) is 24.3 Å². The highest BCUT2D eigenvalue weighted by Crippen LogP contribution is 2.42. The van der Waals surface area contributed by atoms with Gasteiger partial charge in [0.25, 0.3) is 0 Å². The first kappa shape index (κ1) is 31.8. The van der Waals surface area contributed by atoms with Gasteiger partial charge in [0.05, 0.1) is 52.5 Å². The van der Waals surface area contributed by atoms with E-state index in [0.29, 0.717) is 60.2 Å². The summed E-state index contributed by atoms with van der Waals surface area (Å²) >= 11 is 0. The molecule has 1 amide bonds. The number of nitrogen functional groups attached to an aromatic ring is 1. The lowest BCUT2D eigenvalue weighted by Gasteiger charge is -2.39. The van der Waals surface area contributed by atoms with Gasteiger partial charge in [0.15, 0.2) is 23.0 Å². The number of carbonyl (C=O) groups excluding carboxylic acids is 1. The van der Waals surface area contributed by atoms with Gasteiger partial charge in [-0.2, -0.15) is 4.72 Å². The number of rotatable bonds is 12. The number of amides is 1. The Morgan fingerprint density at radius 1 is 0.907 bits per heavy atom. The van der Waals surface area contributed by atoms with Crippen LogP contribution in [-0.2, 0) is 27.7 Å². The molecule has 232 valence electrons. The summed E-state index contributed by atoms with van der Waals surface area (Å²) in [6.07, 6.45) is 1.66. The summed E-state index contributed by atoms with van der Waals surface area (Å²) in [5.74, 6) is 2.37. The molecule has 0 radical (unpaired) electrons. The molecule has 11 nitrogen and oxygen atoms in total. The first-order valence-corrected chi connectivity index (χ1v) is 15.3. The highest BCUT2D eigenvalue weighted by molar-refractivity contribution is 7.89. The number of sulfonamides is 1. The molecule has 1 aliphatic heterocycles. The van der Waals surface area contributed by atoms with Gasteiger partial charge in [0, 0.05) is 12.2 Å².